The topological polar surface area (TPSA) is 75.3 Å². The highest BCUT2D eigenvalue weighted by Crippen LogP contribution is 2.29. The van der Waals surface area contributed by atoms with E-state index in [4.69, 9.17) is 0 Å². The number of hydrogen-bond acceptors (Lipinski definition) is 3. The van der Waals surface area contributed by atoms with E-state index in [1.54, 1.807) is 18.3 Å². The van der Waals surface area contributed by atoms with E-state index in [1.807, 2.05) is 26.0 Å². The van der Waals surface area contributed by atoms with Crippen LogP contribution in [0, 0.1) is 6.92 Å². The van der Waals surface area contributed by atoms with Gasteiger partial charge < -0.3 is 5.32 Å². The average molecular weight is 414 g/mol. The monoisotopic (exact) mass is 414 g/mol. The van der Waals surface area contributed by atoms with E-state index in [0.29, 0.717) is 5.69 Å². The van der Waals surface area contributed by atoms with Gasteiger partial charge in [0.05, 0.1) is 10.6 Å². The number of alkyl halides is 3. The van der Waals surface area contributed by atoms with Crippen molar-refractivity contribution in [2.24, 2.45) is 0 Å². The Kier molecular flexibility index (Phi) is 6.38. The molecule has 2 N–H and O–H groups in total. The molecule has 0 radical (unpaired) electrons. The summed E-state index contributed by atoms with van der Waals surface area (Å²) in [5.41, 5.74) is 2.02. The SMILES string of the molecule is Cc1cccc(C(C)C)c1NS(=O)(=O)c1ccc(C(=O)NCC(F)(F)F)cc1. The predicted octanol–water partition coefficient (Wildman–Crippen LogP) is 4.21. The number of halogens is 3. The Balaban J connectivity index is 2.23. The van der Waals surface area contributed by atoms with Gasteiger partial charge in [0, 0.05) is 5.56 Å². The van der Waals surface area contributed by atoms with Gasteiger partial charge in [-0.1, -0.05) is 32.0 Å². The van der Waals surface area contributed by atoms with Crippen molar-refractivity contribution in [3.8, 4) is 0 Å². The Labute approximate surface area is 162 Å². The second kappa shape index (κ2) is 8.22. The van der Waals surface area contributed by atoms with Crippen molar-refractivity contribution in [1.82, 2.24) is 5.32 Å². The average Bonchev–Trinajstić information content (AvgIpc) is 2.60. The standard InChI is InChI=1S/C19H21F3N2O3S/c1-12(2)16-6-4-5-13(3)17(16)24-28(26,27)15-9-7-14(8-10-15)18(25)23-11-19(20,21)22/h4-10,12,24H,11H2,1-3H3,(H,23,25). The summed E-state index contributed by atoms with van der Waals surface area (Å²) in [6.07, 6.45) is -4.52. The van der Waals surface area contributed by atoms with Gasteiger partial charge in [-0.15, -0.1) is 0 Å². The number of benzene rings is 2. The highest BCUT2D eigenvalue weighted by atomic mass is 32.2. The van der Waals surface area contributed by atoms with Crippen LogP contribution in [-0.4, -0.2) is 27.0 Å². The van der Waals surface area contributed by atoms with Gasteiger partial charge >= 0.3 is 6.18 Å². The minimum atomic E-state index is -4.52. The van der Waals surface area contributed by atoms with E-state index in [1.165, 1.54) is 24.3 Å². The molecule has 28 heavy (non-hydrogen) atoms. The first kappa shape index (κ1) is 21.7. The lowest BCUT2D eigenvalue weighted by Crippen LogP contribution is -2.33. The fourth-order valence-electron chi connectivity index (χ4n) is 2.57. The highest BCUT2D eigenvalue weighted by molar-refractivity contribution is 7.92. The van der Waals surface area contributed by atoms with Gasteiger partial charge in [-0.3, -0.25) is 9.52 Å². The quantitative estimate of drug-likeness (QED) is 0.744. The third-order valence-electron chi connectivity index (χ3n) is 4.04. The number of anilines is 1. The third-order valence-corrected chi connectivity index (χ3v) is 5.41. The van der Waals surface area contributed by atoms with Gasteiger partial charge in [0.15, 0.2) is 0 Å². The van der Waals surface area contributed by atoms with Crippen LogP contribution in [0.25, 0.3) is 0 Å². The van der Waals surface area contributed by atoms with Crippen LogP contribution >= 0.6 is 0 Å². The summed E-state index contributed by atoms with van der Waals surface area (Å²) in [5.74, 6) is -0.840. The molecule has 152 valence electrons. The zero-order valence-electron chi connectivity index (χ0n) is 15.6. The lowest BCUT2D eigenvalue weighted by atomic mass is 9.99. The van der Waals surface area contributed by atoms with Crippen LogP contribution in [0.15, 0.2) is 47.4 Å². The number of carbonyl (C=O) groups is 1. The molecule has 5 nitrogen and oxygen atoms in total. The first-order valence-corrected chi connectivity index (χ1v) is 9.96. The van der Waals surface area contributed by atoms with Gasteiger partial charge in [0.25, 0.3) is 15.9 Å². The molecule has 2 aromatic carbocycles. The van der Waals surface area contributed by atoms with Crippen molar-refractivity contribution in [3.05, 3.63) is 59.2 Å². The fourth-order valence-corrected chi connectivity index (χ4v) is 3.73. The molecule has 0 spiro atoms. The Bertz CT molecular complexity index is 953. The Morgan fingerprint density at radius 3 is 2.21 bits per heavy atom. The molecule has 0 bridgehead atoms. The van der Waals surface area contributed by atoms with Crippen molar-refractivity contribution in [2.45, 2.75) is 37.8 Å². The molecule has 0 saturated carbocycles. The minimum Gasteiger partial charge on any atom is -0.343 e. The van der Waals surface area contributed by atoms with Crippen molar-refractivity contribution < 1.29 is 26.4 Å². The van der Waals surface area contributed by atoms with Crippen LogP contribution in [0.4, 0.5) is 18.9 Å². The molecule has 0 fully saturated rings. The molecule has 0 aromatic heterocycles. The molecule has 0 aliphatic heterocycles. The van der Waals surface area contributed by atoms with Crippen molar-refractivity contribution >= 4 is 21.6 Å². The van der Waals surface area contributed by atoms with E-state index in [0.717, 1.165) is 11.1 Å². The second-order valence-electron chi connectivity index (χ2n) is 6.62. The van der Waals surface area contributed by atoms with Gasteiger partial charge in [-0.2, -0.15) is 13.2 Å². The first-order valence-electron chi connectivity index (χ1n) is 8.48. The van der Waals surface area contributed by atoms with E-state index < -0.39 is 28.7 Å². The maximum Gasteiger partial charge on any atom is 0.405 e. The Morgan fingerprint density at radius 1 is 1.07 bits per heavy atom. The summed E-state index contributed by atoms with van der Waals surface area (Å²) in [6, 6.07) is 10.2. The highest BCUT2D eigenvalue weighted by Gasteiger charge is 2.28. The minimum absolute atomic E-state index is 0.0676. The smallest absolute Gasteiger partial charge is 0.343 e. The van der Waals surface area contributed by atoms with E-state index in [2.05, 4.69) is 4.72 Å². The van der Waals surface area contributed by atoms with Crippen LogP contribution in [0.3, 0.4) is 0 Å². The number of aryl methyl sites for hydroxylation is 1. The summed E-state index contributed by atoms with van der Waals surface area (Å²) in [4.78, 5) is 11.6. The second-order valence-corrected chi connectivity index (χ2v) is 8.30. The maximum atomic E-state index is 12.7. The largest absolute Gasteiger partial charge is 0.405 e. The Morgan fingerprint density at radius 2 is 1.68 bits per heavy atom. The first-order chi connectivity index (χ1) is 12.9. The summed E-state index contributed by atoms with van der Waals surface area (Å²) in [5, 5.41) is 1.74. The molecule has 0 heterocycles. The van der Waals surface area contributed by atoms with Crippen LogP contribution < -0.4 is 10.0 Å². The third kappa shape index (κ3) is 5.48. The molecule has 0 aliphatic rings. The van der Waals surface area contributed by atoms with Gasteiger partial charge in [0.2, 0.25) is 0 Å². The number of rotatable bonds is 6. The van der Waals surface area contributed by atoms with Crippen molar-refractivity contribution in [3.63, 3.8) is 0 Å². The molecule has 0 atom stereocenters. The molecule has 2 rings (SSSR count). The van der Waals surface area contributed by atoms with Crippen molar-refractivity contribution in [1.29, 1.82) is 0 Å². The number of hydrogen-bond donors (Lipinski definition) is 2. The summed E-state index contributed by atoms with van der Waals surface area (Å²) < 4.78 is 64.5. The normalized spacial score (nSPS) is 12.1. The lowest BCUT2D eigenvalue weighted by molar-refractivity contribution is -0.123. The molecular weight excluding hydrogens is 393 g/mol. The number of carbonyl (C=O) groups excluding carboxylic acids is 1. The molecule has 0 unspecified atom stereocenters. The van der Waals surface area contributed by atoms with Crippen LogP contribution in [0.1, 0.15) is 41.3 Å². The molecule has 0 saturated heterocycles. The van der Waals surface area contributed by atoms with Gasteiger partial charge in [-0.25, -0.2) is 8.42 Å². The number of sulfonamides is 1. The summed E-state index contributed by atoms with van der Waals surface area (Å²) >= 11 is 0. The van der Waals surface area contributed by atoms with Crippen LogP contribution in [-0.2, 0) is 10.0 Å². The predicted molar refractivity (Wildman–Crippen MR) is 101 cm³/mol. The van der Waals surface area contributed by atoms with E-state index >= 15 is 0 Å². The molecule has 0 aliphatic carbocycles. The molecular formula is C19H21F3N2O3S. The van der Waals surface area contributed by atoms with E-state index in [-0.39, 0.29) is 16.4 Å². The van der Waals surface area contributed by atoms with E-state index in [9.17, 15) is 26.4 Å². The zero-order chi connectivity index (χ0) is 21.1. The molecule has 2 aromatic rings. The fraction of sp³-hybridized carbons (Fsp3) is 0.316. The Hall–Kier alpha value is -2.55. The summed E-state index contributed by atoms with van der Waals surface area (Å²) in [6.45, 7) is 4.22. The summed E-state index contributed by atoms with van der Waals surface area (Å²) in [7, 11) is -3.93. The van der Waals surface area contributed by atoms with Crippen molar-refractivity contribution in [2.75, 3.05) is 11.3 Å². The van der Waals surface area contributed by atoms with Crippen LogP contribution in [0.5, 0.6) is 0 Å². The lowest BCUT2D eigenvalue weighted by Gasteiger charge is -2.17. The number of para-hydroxylation sites is 1. The van der Waals surface area contributed by atoms with Crippen LogP contribution in [0.2, 0.25) is 0 Å². The van der Waals surface area contributed by atoms with Gasteiger partial charge in [-0.05, 0) is 48.2 Å². The molecule has 9 heteroatoms. The number of nitrogens with one attached hydrogen (secondary N) is 2. The zero-order valence-corrected chi connectivity index (χ0v) is 16.4. The van der Waals surface area contributed by atoms with Gasteiger partial charge in [0.1, 0.15) is 6.54 Å². The number of amides is 1. The molecule has 1 amide bonds. The maximum absolute atomic E-state index is 12.7.